The summed E-state index contributed by atoms with van der Waals surface area (Å²) in [6.45, 7) is 1.98. The van der Waals surface area contributed by atoms with Crippen molar-refractivity contribution in [2.24, 2.45) is 5.90 Å². The molecule has 1 aliphatic carbocycles. The molecule has 0 amide bonds. The third-order valence-electron chi connectivity index (χ3n) is 4.01. The molecular weight excluding hydrogens is 188 g/mol. The highest BCUT2D eigenvalue weighted by atomic mass is 16.6. The van der Waals surface area contributed by atoms with Crippen LogP contribution in [-0.2, 0) is 4.84 Å². The quantitative estimate of drug-likeness (QED) is 0.575. The first kappa shape index (κ1) is 11.4. The molecule has 2 N–H and O–H groups in total. The summed E-state index contributed by atoms with van der Waals surface area (Å²) in [7, 11) is 0. The highest BCUT2D eigenvalue weighted by Crippen LogP contribution is 2.28. The highest BCUT2D eigenvalue weighted by molar-refractivity contribution is 4.85. The second-order valence-electron chi connectivity index (χ2n) is 5.01. The summed E-state index contributed by atoms with van der Waals surface area (Å²) >= 11 is 0. The molecule has 0 bridgehead atoms. The first-order valence-corrected chi connectivity index (χ1v) is 6.49. The van der Waals surface area contributed by atoms with Gasteiger partial charge in [-0.2, -0.15) is 0 Å². The van der Waals surface area contributed by atoms with Crippen molar-refractivity contribution < 1.29 is 4.84 Å². The molecule has 2 rings (SSSR count). The lowest BCUT2D eigenvalue weighted by Crippen LogP contribution is -2.41. The topological polar surface area (TPSA) is 38.5 Å². The van der Waals surface area contributed by atoms with E-state index in [1.54, 1.807) is 0 Å². The number of rotatable bonds is 3. The summed E-state index contributed by atoms with van der Waals surface area (Å²) in [5.41, 5.74) is 0. The van der Waals surface area contributed by atoms with Gasteiger partial charge in [0.25, 0.3) is 0 Å². The molecule has 3 nitrogen and oxygen atoms in total. The number of nitrogens with zero attached hydrogens (tertiary/aromatic N) is 1. The van der Waals surface area contributed by atoms with Gasteiger partial charge in [0.2, 0.25) is 0 Å². The van der Waals surface area contributed by atoms with Crippen LogP contribution in [0.4, 0.5) is 0 Å². The van der Waals surface area contributed by atoms with Gasteiger partial charge in [-0.15, -0.1) is 0 Å². The number of likely N-dealkylation sites (tertiary alicyclic amines) is 1. The van der Waals surface area contributed by atoms with Crippen molar-refractivity contribution >= 4 is 0 Å². The van der Waals surface area contributed by atoms with E-state index in [1.165, 1.54) is 57.9 Å². The van der Waals surface area contributed by atoms with Gasteiger partial charge in [0, 0.05) is 12.1 Å². The fraction of sp³-hybridized carbons (Fsp3) is 1.00. The molecule has 88 valence electrons. The summed E-state index contributed by atoms with van der Waals surface area (Å²) in [5.74, 6) is 5.20. The van der Waals surface area contributed by atoms with E-state index in [0.717, 1.165) is 12.6 Å². The van der Waals surface area contributed by atoms with E-state index in [2.05, 4.69) is 4.90 Å². The Morgan fingerprint density at radius 3 is 2.40 bits per heavy atom. The van der Waals surface area contributed by atoms with Gasteiger partial charge in [0.05, 0.1) is 6.61 Å². The molecule has 1 atom stereocenters. The molecule has 0 radical (unpaired) electrons. The Labute approximate surface area is 92.9 Å². The Balaban J connectivity index is 1.89. The molecule has 2 aliphatic rings. The summed E-state index contributed by atoms with van der Waals surface area (Å²) in [6, 6.07) is 1.41. The Kier molecular flexibility index (Phi) is 4.42. The predicted octanol–water partition coefficient (Wildman–Crippen LogP) is 2.06. The molecule has 0 spiro atoms. The SMILES string of the molecule is NOCC1CCCN1C1CCCCCC1. The van der Waals surface area contributed by atoms with Crippen LogP contribution in [0.15, 0.2) is 0 Å². The first-order valence-electron chi connectivity index (χ1n) is 6.49. The van der Waals surface area contributed by atoms with Crippen LogP contribution in [0.2, 0.25) is 0 Å². The maximum Gasteiger partial charge on any atom is 0.0834 e. The van der Waals surface area contributed by atoms with Crippen LogP contribution in [0.25, 0.3) is 0 Å². The van der Waals surface area contributed by atoms with Gasteiger partial charge in [0.15, 0.2) is 0 Å². The average molecular weight is 212 g/mol. The molecule has 2 fully saturated rings. The minimum absolute atomic E-state index is 0.595. The molecule has 1 saturated heterocycles. The Bertz CT molecular complexity index is 178. The van der Waals surface area contributed by atoms with Crippen LogP contribution >= 0.6 is 0 Å². The van der Waals surface area contributed by atoms with E-state index in [9.17, 15) is 0 Å². The van der Waals surface area contributed by atoms with Crippen molar-refractivity contribution in [1.82, 2.24) is 4.90 Å². The molecule has 1 aliphatic heterocycles. The van der Waals surface area contributed by atoms with Crippen molar-refractivity contribution in [3.63, 3.8) is 0 Å². The average Bonchev–Trinajstić information content (AvgIpc) is 2.53. The van der Waals surface area contributed by atoms with E-state index in [-0.39, 0.29) is 0 Å². The highest BCUT2D eigenvalue weighted by Gasteiger charge is 2.30. The van der Waals surface area contributed by atoms with Crippen molar-refractivity contribution in [1.29, 1.82) is 0 Å². The Morgan fingerprint density at radius 2 is 1.73 bits per heavy atom. The normalized spacial score (nSPS) is 30.6. The lowest BCUT2D eigenvalue weighted by Gasteiger charge is -2.32. The lowest BCUT2D eigenvalue weighted by molar-refractivity contribution is 0.0559. The van der Waals surface area contributed by atoms with Crippen LogP contribution in [0.5, 0.6) is 0 Å². The van der Waals surface area contributed by atoms with Gasteiger partial charge < -0.3 is 4.84 Å². The second-order valence-corrected chi connectivity index (χ2v) is 5.01. The molecule has 15 heavy (non-hydrogen) atoms. The minimum Gasteiger partial charge on any atom is -0.303 e. The van der Waals surface area contributed by atoms with Crippen LogP contribution in [0, 0.1) is 0 Å². The standard InChI is InChI=1S/C12H24N2O/c13-15-10-12-8-5-9-14(12)11-6-3-1-2-4-7-11/h11-12H,1-10,13H2. The summed E-state index contributed by atoms with van der Waals surface area (Å²) in [6.07, 6.45) is 11.1. The van der Waals surface area contributed by atoms with Gasteiger partial charge in [-0.1, -0.05) is 25.7 Å². The van der Waals surface area contributed by atoms with Crippen molar-refractivity contribution in [2.45, 2.75) is 63.5 Å². The van der Waals surface area contributed by atoms with E-state index in [1.807, 2.05) is 0 Å². The fourth-order valence-corrected chi connectivity index (χ4v) is 3.22. The minimum atomic E-state index is 0.595. The van der Waals surface area contributed by atoms with Crippen molar-refractivity contribution in [3.8, 4) is 0 Å². The van der Waals surface area contributed by atoms with Gasteiger partial charge in [-0.05, 0) is 32.2 Å². The predicted molar refractivity (Wildman–Crippen MR) is 61.4 cm³/mol. The zero-order chi connectivity index (χ0) is 10.5. The Morgan fingerprint density at radius 1 is 1.00 bits per heavy atom. The smallest absolute Gasteiger partial charge is 0.0834 e. The zero-order valence-electron chi connectivity index (χ0n) is 9.66. The monoisotopic (exact) mass is 212 g/mol. The summed E-state index contributed by atoms with van der Waals surface area (Å²) in [4.78, 5) is 7.50. The van der Waals surface area contributed by atoms with E-state index >= 15 is 0 Å². The maximum atomic E-state index is 5.20. The van der Waals surface area contributed by atoms with E-state index in [0.29, 0.717) is 6.04 Å². The third-order valence-corrected chi connectivity index (χ3v) is 4.01. The molecular formula is C12H24N2O. The van der Waals surface area contributed by atoms with Crippen molar-refractivity contribution in [3.05, 3.63) is 0 Å². The third kappa shape index (κ3) is 2.92. The largest absolute Gasteiger partial charge is 0.303 e. The zero-order valence-corrected chi connectivity index (χ0v) is 9.66. The number of nitrogens with two attached hydrogens (primary N) is 1. The van der Waals surface area contributed by atoms with Crippen LogP contribution in [0.3, 0.4) is 0 Å². The molecule has 0 aromatic heterocycles. The lowest BCUT2D eigenvalue weighted by atomic mass is 10.1. The molecule has 1 heterocycles. The summed E-state index contributed by atoms with van der Waals surface area (Å²) in [5, 5.41) is 0. The van der Waals surface area contributed by atoms with Crippen LogP contribution in [-0.4, -0.2) is 30.1 Å². The molecule has 3 heteroatoms. The molecule has 1 unspecified atom stereocenters. The number of hydrogen-bond acceptors (Lipinski definition) is 3. The maximum absolute atomic E-state index is 5.20. The first-order chi connectivity index (χ1) is 7.42. The van der Waals surface area contributed by atoms with Crippen LogP contribution < -0.4 is 5.90 Å². The molecule has 0 aromatic rings. The molecule has 0 aromatic carbocycles. The fourth-order valence-electron chi connectivity index (χ4n) is 3.22. The van der Waals surface area contributed by atoms with Gasteiger partial charge >= 0.3 is 0 Å². The second kappa shape index (κ2) is 5.83. The van der Waals surface area contributed by atoms with Crippen molar-refractivity contribution in [2.75, 3.05) is 13.2 Å². The van der Waals surface area contributed by atoms with Crippen LogP contribution in [0.1, 0.15) is 51.4 Å². The van der Waals surface area contributed by atoms with E-state index < -0.39 is 0 Å². The van der Waals surface area contributed by atoms with E-state index in [4.69, 9.17) is 10.7 Å². The molecule has 1 saturated carbocycles. The van der Waals surface area contributed by atoms with Gasteiger partial charge in [0.1, 0.15) is 0 Å². The van der Waals surface area contributed by atoms with Gasteiger partial charge in [-0.3, -0.25) is 4.90 Å². The summed E-state index contributed by atoms with van der Waals surface area (Å²) < 4.78 is 0. The van der Waals surface area contributed by atoms with Gasteiger partial charge in [-0.25, -0.2) is 5.90 Å². The number of hydrogen-bond donors (Lipinski definition) is 1. The Hall–Kier alpha value is -0.120.